The number of ether oxygens (including phenoxy) is 1. The van der Waals surface area contributed by atoms with Crippen LogP contribution < -0.4 is 6.15 Å². The zero-order valence-electron chi connectivity index (χ0n) is 5.05. The zero-order valence-corrected chi connectivity index (χ0v) is 5.05. The summed E-state index contributed by atoms with van der Waals surface area (Å²) in [6.07, 6.45) is -0.975. The fourth-order valence-corrected chi connectivity index (χ4v) is 0.240. The Morgan fingerprint density at radius 2 is 2.12 bits per heavy atom. The molecule has 1 atom stereocenters. The van der Waals surface area contributed by atoms with E-state index in [-0.39, 0.29) is 6.15 Å². The van der Waals surface area contributed by atoms with Gasteiger partial charge in [-0.05, 0) is 6.92 Å². The normalized spacial score (nSPS) is 11.4. The number of hydrogen-bond acceptors (Lipinski definition) is 4. The molecule has 0 rings (SSSR count). The van der Waals surface area contributed by atoms with Crippen molar-refractivity contribution in [2.45, 2.75) is 20.1 Å². The molecule has 0 aliphatic rings. The Balaban J connectivity index is 0. The van der Waals surface area contributed by atoms with Gasteiger partial charge in [-0.15, -0.1) is 0 Å². The molecule has 8 heavy (non-hydrogen) atoms. The molecule has 0 aromatic rings. The smallest absolute Gasteiger partial charge is 0.304 e. The summed E-state index contributed by atoms with van der Waals surface area (Å²) in [5, 5.41) is 8.28. The summed E-state index contributed by atoms with van der Waals surface area (Å²) >= 11 is 0. The third-order valence-electron chi connectivity index (χ3n) is 0.337. The van der Waals surface area contributed by atoms with Crippen LogP contribution in [0.4, 0.5) is 0 Å². The fraction of sp³-hybridized carbons (Fsp3) is 0.750. The average molecular weight is 121 g/mol. The zero-order chi connectivity index (χ0) is 5.86. The number of carbonyl (C=O) groups is 1. The van der Waals surface area contributed by atoms with E-state index in [2.05, 4.69) is 4.74 Å². The van der Waals surface area contributed by atoms with E-state index in [0.29, 0.717) is 0 Å². The lowest BCUT2D eigenvalue weighted by Gasteiger charge is -2.00. The number of aliphatic hydroxyl groups excluding tert-OH is 1. The Hall–Kier alpha value is -0.610. The van der Waals surface area contributed by atoms with Gasteiger partial charge < -0.3 is 16.0 Å². The summed E-state index contributed by atoms with van der Waals surface area (Å²) in [4.78, 5) is 9.87. The van der Waals surface area contributed by atoms with Gasteiger partial charge in [-0.3, -0.25) is 4.79 Å². The van der Waals surface area contributed by atoms with Crippen molar-refractivity contribution in [3.05, 3.63) is 0 Å². The van der Waals surface area contributed by atoms with Crippen LogP contribution in [0.15, 0.2) is 0 Å². The van der Waals surface area contributed by atoms with E-state index in [9.17, 15) is 4.79 Å². The van der Waals surface area contributed by atoms with Crippen LogP contribution in [0.3, 0.4) is 0 Å². The Morgan fingerprint density at radius 1 is 1.75 bits per heavy atom. The molecule has 0 saturated carbocycles. The molecule has 4 N–H and O–H groups in total. The second kappa shape index (κ2) is 4.55. The maximum atomic E-state index is 9.87. The predicted octanol–water partition coefficient (Wildman–Crippen LogP) is 0.0498. The quantitative estimate of drug-likeness (QED) is 0.379. The minimum absolute atomic E-state index is 0. The van der Waals surface area contributed by atoms with Crippen LogP contribution >= 0.6 is 0 Å². The lowest BCUT2D eigenvalue weighted by molar-refractivity contribution is -0.161. The van der Waals surface area contributed by atoms with Crippen molar-refractivity contribution in [2.24, 2.45) is 0 Å². The van der Waals surface area contributed by atoms with Gasteiger partial charge in [0.15, 0.2) is 6.29 Å². The van der Waals surface area contributed by atoms with Crippen molar-refractivity contribution in [2.75, 3.05) is 0 Å². The molecule has 1 unspecified atom stereocenters. The van der Waals surface area contributed by atoms with Crippen LogP contribution in [0.25, 0.3) is 0 Å². The third-order valence-corrected chi connectivity index (χ3v) is 0.337. The van der Waals surface area contributed by atoms with E-state index in [1.54, 1.807) is 0 Å². The first-order valence-corrected chi connectivity index (χ1v) is 1.98. The molecule has 0 spiro atoms. The SMILES string of the molecule is CC(=O)OC(C)O.N. The molecular weight excluding hydrogens is 110 g/mol. The van der Waals surface area contributed by atoms with Crippen LogP contribution in [-0.4, -0.2) is 17.4 Å². The summed E-state index contributed by atoms with van der Waals surface area (Å²) in [5.74, 6) is -0.463. The molecule has 0 saturated heterocycles. The second-order valence-corrected chi connectivity index (χ2v) is 1.21. The lowest BCUT2D eigenvalue weighted by Crippen LogP contribution is -2.09. The standard InChI is InChI=1S/C4H8O3.H3N/c1-3(5)7-4(2)6;/h3,5H,1-2H3;1H3. The van der Waals surface area contributed by atoms with Crippen molar-refractivity contribution >= 4 is 5.97 Å². The Kier molecular flexibility index (Phi) is 5.90. The average Bonchev–Trinajstić information content (AvgIpc) is 1.27. The molecule has 0 aliphatic heterocycles. The molecule has 0 aliphatic carbocycles. The summed E-state index contributed by atoms with van der Waals surface area (Å²) in [6, 6.07) is 0. The highest BCUT2D eigenvalue weighted by Gasteiger charge is 1.95. The van der Waals surface area contributed by atoms with Crippen LogP contribution in [0, 0.1) is 0 Å². The molecule has 0 fully saturated rings. The first-order chi connectivity index (χ1) is 3.13. The van der Waals surface area contributed by atoms with Crippen molar-refractivity contribution in [3.63, 3.8) is 0 Å². The Labute approximate surface area is 48.0 Å². The van der Waals surface area contributed by atoms with Crippen LogP contribution in [-0.2, 0) is 9.53 Å². The number of esters is 1. The molecule has 0 amide bonds. The van der Waals surface area contributed by atoms with Gasteiger partial charge in [0.1, 0.15) is 0 Å². The van der Waals surface area contributed by atoms with Crippen LogP contribution in [0.5, 0.6) is 0 Å². The van der Waals surface area contributed by atoms with Gasteiger partial charge in [-0.1, -0.05) is 0 Å². The first-order valence-electron chi connectivity index (χ1n) is 1.98. The molecule has 4 heteroatoms. The molecular formula is C4H11NO3. The van der Waals surface area contributed by atoms with E-state index in [4.69, 9.17) is 5.11 Å². The number of hydrogen-bond donors (Lipinski definition) is 2. The number of carbonyl (C=O) groups excluding carboxylic acids is 1. The van der Waals surface area contributed by atoms with E-state index in [1.807, 2.05) is 0 Å². The summed E-state index contributed by atoms with van der Waals surface area (Å²) in [6.45, 7) is 2.62. The van der Waals surface area contributed by atoms with Gasteiger partial charge in [0, 0.05) is 6.92 Å². The molecule has 0 aromatic carbocycles. The minimum atomic E-state index is -0.975. The maximum Gasteiger partial charge on any atom is 0.304 e. The number of aliphatic hydroxyl groups is 1. The van der Waals surface area contributed by atoms with Gasteiger partial charge in [0.05, 0.1) is 0 Å². The van der Waals surface area contributed by atoms with Gasteiger partial charge in [-0.25, -0.2) is 0 Å². The van der Waals surface area contributed by atoms with E-state index in [0.717, 1.165) is 0 Å². The predicted molar refractivity (Wildman–Crippen MR) is 28.5 cm³/mol. The van der Waals surface area contributed by atoms with Crippen molar-refractivity contribution in [1.82, 2.24) is 6.15 Å². The fourth-order valence-electron chi connectivity index (χ4n) is 0.240. The van der Waals surface area contributed by atoms with Gasteiger partial charge in [0.2, 0.25) is 0 Å². The largest absolute Gasteiger partial charge is 0.436 e. The van der Waals surface area contributed by atoms with Crippen LogP contribution in [0.2, 0.25) is 0 Å². The molecule has 4 nitrogen and oxygen atoms in total. The maximum absolute atomic E-state index is 9.87. The van der Waals surface area contributed by atoms with Crippen molar-refractivity contribution < 1.29 is 14.6 Å². The van der Waals surface area contributed by atoms with Crippen molar-refractivity contribution in [1.29, 1.82) is 0 Å². The Bertz CT molecular complexity index is 71.7. The highest BCUT2D eigenvalue weighted by molar-refractivity contribution is 5.65. The number of rotatable bonds is 1. The summed E-state index contributed by atoms with van der Waals surface area (Å²) in [7, 11) is 0. The highest BCUT2D eigenvalue weighted by atomic mass is 16.6. The minimum Gasteiger partial charge on any atom is -0.436 e. The Morgan fingerprint density at radius 3 is 2.12 bits per heavy atom. The summed E-state index contributed by atoms with van der Waals surface area (Å²) < 4.78 is 4.17. The topological polar surface area (TPSA) is 81.5 Å². The molecule has 0 bridgehead atoms. The van der Waals surface area contributed by atoms with E-state index >= 15 is 0 Å². The first kappa shape index (κ1) is 10.4. The highest BCUT2D eigenvalue weighted by Crippen LogP contribution is 1.81. The monoisotopic (exact) mass is 121 g/mol. The van der Waals surface area contributed by atoms with Gasteiger partial charge in [-0.2, -0.15) is 0 Å². The van der Waals surface area contributed by atoms with Gasteiger partial charge in [0.25, 0.3) is 0 Å². The molecule has 0 heterocycles. The second-order valence-electron chi connectivity index (χ2n) is 1.21. The van der Waals surface area contributed by atoms with Crippen molar-refractivity contribution in [3.8, 4) is 0 Å². The van der Waals surface area contributed by atoms with Gasteiger partial charge >= 0.3 is 5.97 Å². The van der Waals surface area contributed by atoms with E-state index < -0.39 is 12.3 Å². The van der Waals surface area contributed by atoms with E-state index in [1.165, 1.54) is 13.8 Å². The molecule has 0 radical (unpaired) electrons. The third kappa shape index (κ3) is 9.04. The molecule has 50 valence electrons. The summed E-state index contributed by atoms with van der Waals surface area (Å²) in [5.41, 5.74) is 0. The molecule has 0 aromatic heterocycles. The lowest BCUT2D eigenvalue weighted by atomic mass is 10.7. The van der Waals surface area contributed by atoms with Crippen LogP contribution in [0.1, 0.15) is 13.8 Å².